The number of rotatable bonds is 4. The van der Waals surface area contributed by atoms with Crippen molar-refractivity contribution in [2.24, 2.45) is 0 Å². The fourth-order valence-electron chi connectivity index (χ4n) is 1.73. The minimum Gasteiger partial charge on any atom is -0.487 e. The van der Waals surface area contributed by atoms with E-state index in [9.17, 15) is 9.50 Å². The number of nitrogens with zero attached hydrogens (tertiary/aromatic N) is 2. The fraction of sp³-hybridized carbons (Fsp3) is 0.125. The van der Waals surface area contributed by atoms with Crippen LogP contribution in [0.25, 0.3) is 0 Å². The molecule has 0 aliphatic rings. The van der Waals surface area contributed by atoms with Gasteiger partial charge in [-0.25, -0.2) is 4.39 Å². The van der Waals surface area contributed by atoms with E-state index in [1.807, 2.05) is 12.1 Å². The van der Waals surface area contributed by atoms with Gasteiger partial charge in [0, 0.05) is 0 Å². The molecule has 0 fully saturated rings. The molecule has 21 heavy (non-hydrogen) atoms. The lowest BCUT2D eigenvalue weighted by molar-refractivity contribution is 0.106. The monoisotopic (exact) mass is 282 g/mol. The largest absolute Gasteiger partial charge is 0.487 e. The molecule has 0 amide bonds. The van der Waals surface area contributed by atoms with Crippen LogP contribution in [0.3, 0.4) is 0 Å². The molecular formula is C16H11FN2O2. The van der Waals surface area contributed by atoms with Crippen LogP contribution >= 0.6 is 0 Å². The summed E-state index contributed by atoms with van der Waals surface area (Å²) >= 11 is 0. The molecule has 2 rings (SSSR count). The highest BCUT2D eigenvalue weighted by atomic mass is 19.1. The third kappa shape index (κ3) is 3.56. The summed E-state index contributed by atoms with van der Waals surface area (Å²) in [5.41, 5.74) is 1.26. The van der Waals surface area contributed by atoms with Gasteiger partial charge in [-0.05, 0) is 35.9 Å². The Kier molecular flexibility index (Phi) is 4.50. The molecule has 4 nitrogen and oxygen atoms in total. The molecule has 5 heteroatoms. The Morgan fingerprint density at radius 3 is 2.24 bits per heavy atom. The highest BCUT2D eigenvalue weighted by Gasteiger charge is 2.11. The van der Waals surface area contributed by atoms with Gasteiger partial charge in [0.15, 0.2) is 11.6 Å². The topological polar surface area (TPSA) is 77.0 Å². The zero-order valence-corrected chi connectivity index (χ0v) is 11.0. The van der Waals surface area contributed by atoms with Gasteiger partial charge in [0.1, 0.15) is 12.7 Å². The van der Waals surface area contributed by atoms with E-state index in [0.29, 0.717) is 11.1 Å². The molecular weight excluding hydrogens is 271 g/mol. The third-order valence-electron chi connectivity index (χ3n) is 2.88. The van der Waals surface area contributed by atoms with Gasteiger partial charge in [0.25, 0.3) is 0 Å². The zero-order chi connectivity index (χ0) is 15.2. The van der Waals surface area contributed by atoms with E-state index in [0.717, 1.165) is 6.07 Å². The number of aliphatic hydroxyl groups is 1. The number of nitriles is 2. The summed E-state index contributed by atoms with van der Waals surface area (Å²) in [5.74, 6) is -0.678. The van der Waals surface area contributed by atoms with Crippen molar-refractivity contribution in [1.82, 2.24) is 0 Å². The Bertz CT molecular complexity index is 715. The lowest BCUT2D eigenvalue weighted by Gasteiger charge is -2.13. The van der Waals surface area contributed by atoms with E-state index in [1.54, 1.807) is 24.3 Å². The molecule has 0 saturated carbocycles. The maximum atomic E-state index is 13.6. The molecule has 0 heterocycles. The summed E-state index contributed by atoms with van der Waals surface area (Å²) in [7, 11) is 0. The van der Waals surface area contributed by atoms with Crippen molar-refractivity contribution in [1.29, 1.82) is 10.5 Å². The molecule has 0 aromatic heterocycles. The van der Waals surface area contributed by atoms with Gasteiger partial charge in [-0.2, -0.15) is 10.5 Å². The number of ether oxygens (including phenoxy) is 1. The van der Waals surface area contributed by atoms with Gasteiger partial charge in [-0.3, -0.25) is 0 Å². The number of aliphatic hydroxyl groups excluding tert-OH is 1. The van der Waals surface area contributed by atoms with Crippen molar-refractivity contribution in [3.05, 3.63) is 65.0 Å². The van der Waals surface area contributed by atoms with Crippen molar-refractivity contribution in [3.8, 4) is 17.9 Å². The number of hydrogen-bond acceptors (Lipinski definition) is 4. The molecule has 0 spiro atoms. The van der Waals surface area contributed by atoms with Crippen LogP contribution in [0.5, 0.6) is 5.75 Å². The first-order chi connectivity index (χ1) is 10.1. The van der Waals surface area contributed by atoms with Crippen molar-refractivity contribution in [2.45, 2.75) is 6.10 Å². The summed E-state index contributed by atoms with van der Waals surface area (Å²) in [4.78, 5) is 0. The predicted octanol–water partition coefficient (Wildman–Crippen LogP) is 2.68. The van der Waals surface area contributed by atoms with Crippen LogP contribution in [0.15, 0.2) is 42.5 Å². The Morgan fingerprint density at radius 2 is 1.67 bits per heavy atom. The van der Waals surface area contributed by atoms with Crippen LogP contribution in [-0.4, -0.2) is 11.7 Å². The van der Waals surface area contributed by atoms with Crippen molar-refractivity contribution in [3.63, 3.8) is 0 Å². The van der Waals surface area contributed by atoms with Crippen LogP contribution in [0.2, 0.25) is 0 Å². The molecule has 0 aliphatic heterocycles. The Hall–Kier alpha value is -2.89. The van der Waals surface area contributed by atoms with Crippen molar-refractivity contribution in [2.75, 3.05) is 6.61 Å². The van der Waals surface area contributed by atoms with Crippen LogP contribution in [-0.2, 0) is 0 Å². The zero-order valence-electron chi connectivity index (χ0n) is 11.0. The summed E-state index contributed by atoms with van der Waals surface area (Å²) in [5, 5.41) is 27.3. The van der Waals surface area contributed by atoms with E-state index in [2.05, 4.69) is 0 Å². The average Bonchev–Trinajstić information content (AvgIpc) is 2.53. The van der Waals surface area contributed by atoms with Gasteiger partial charge in [-0.15, -0.1) is 0 Å². The number of benzene rings is 2. The molecule has 1 atom stereocenters. The quantitative estimate of drug-likeness (QED) is 0.935. The molecule has 2 aromatic carbocycles. The lowest BCUT2D eigenvalue weighted by atomic mass is 10.1. The smallest absolute Gasteiger partial charge is 0.166 e. The average molecular weight is 282 g/mol. The first-order valence-corrected chi connectivity index (χ1v) is 6.14. The lowest BCUT2D eigenvalue weighted by Crippen LogP contribution is -2.10. The normalized spacial score (nSPS) is 11.2. The third-order valence-corrected chi connectivity index (χ3v) is 2.88. The second-order valence-electron chi connectivity index (χ2n) is 4.32. The van der Waals surface area contributed by atoms with Gasteiger partial charge in [0.05, 0.1) is 23.3 Å². The summed E-state index contributed by atoms with van der Waals surface area (Å²) in [6.45, 7) is -0.130. The molecule has 0 saturated heterocycles. The number of halogens is 1. The van der Waals surface area contributed by atoms with E-state index in [4.69, 9.17) is 15.3 Å². The Balaban J connectivity index is 2.02. The highest BCUT2D eigenvalue weighted by Crippen LogP contribution is 2.21. The first-order valence-electron chi connectivity index (χ1n) is 6.14. The fourth-order valence-corrected chi connectivity index (χ4v) is 1.73. The summed E-state index contributed by atoms with van der Waals surface area (Å²) < 4.78 is 18.8. The standard InChI is InChI=1S/C16H11FN2O2/c17-14-7-12(9-19)3-6-16(14)21-10-15(20)13-4-1-11(8-18)2-5-13/h1-7,15,20H,10H2. The SMILES string of the molecule is N#Cc1ccc(C(O)COc2ccc(C#N)cc2F)cc1. The summed E-state index contributed by atoms with van der Waals surface area (Å²) in [6.07, 6.45) is -0.937. The van der Waals surface area contributed by atoms with E-state index in [1.165, 1.54) is 12.1 Å². The maximum Gasteiger partial charge on any atom is 0.166 e. The maximum absolute atomic E-state index is 13.6. The van der Waals surface area contributed by atoms with Crippen LogP contribution in [0, 0.1) is 28.5 Å². The Labute approximate surface area is 121 Å². The number of hydrogen-bond donors (Lipinski definition) is 1. The van der Waals surface area contributed by atoms with E-state index < -0.39 is 11.9 Å². The molecule has 0 aliphatic carbocycles. The van der Waals surface area contributed by atoms with Crippen molar-refractivity contribution < 1.29 is 14.2 Å². The molecule has 0 bridgehead atoms. The van der Waals surface area contributed by atoms with Crippen LogP contribution < -0.4 is 4.74 Å². The van der Waals surface area contributed by atoms with Gasteiger partial charge in [0.2, 0.25) is 0 Å². The van der Waals surface area contributed by atoms with E-state index in [-0.39, 0.29) is 17.9 Å². The van der Waals surface area contributed by atoms with Crippen molar-refractivity contribution >= 4 is 0 Å². The molecule has 0 radical (unpaired) electrons. The minimum absolute atomic E-state index is 0.0262. The van der Waals surface area contributed by atoms with Crippen LogP contribution in [0.4, 0.5) is 4.39 Å². The van der Waals surface area contributed by atoms with Crippen LogP contribution in [0.1, 0.15) is 22.8 Å². The molecule has 1 N–H and O–H groups in total. The van der Waals surface area contributed by atoms with Gasteiger partial charge < -0.3 is 9.84 Å². The Morgan fingerprint density at radius 1 is 1.05 bits per heavy atom. The van der Waals surface area contributed by atoms with Gasteiger partial charge >= 0.3 is 0 Å². The minimum atomic E-state index is -0.937. The second-order valence-corrected chi connectivity index (χ2v) is 4.32. The second kappa shape index (κ2) is 6.51. The molecule has 1 unspecified atom stereocenters. The molecule has 2 aromatic rings. The van der Waals surface area contributed by atoms with Gasteiger partial charge in [-0.1, -0.05) is 12.1 Å². The summed E-state index contributed by atoms with van der Waals surface area (Å²) in [6, 6.07) is 14.1. The highest BCUT2D eigenvalue weighted by molar-refractivity contribution is 5.36. The predicted molar refractivity (Wildman–Crippen MR) is 72.7 cm³/mol. The first kappa shape index (κ1) is 14.5. The molecule has 104 valence electrons. The van der Waals surface area contributed by atoms with E-state index >= 15 is 0 Å².